The summed E-state index contributed by atoms with van der Waals surface area (Å²) < 4.78 is 0. The Kier molecular flexibility index (Phi) is 5.54. The fraction of sp³-hybridized carbons (Fsp3) is 0.176. The molecule has 22 heavy (non-hydrogen) atoms. The lowest BCUT2D eigenvalue weighted by Crippen LogP contribution is -2.30. The van der Waals surface area contributed by atoms with Crippen LogP contribution in [0, 0.1) is 11.3 Å². The normalized spacial score (nSPS) is 10.3. The van der Waals surface area contributed by atoms with E-state index >= 15 is 0 Å². The van der Waals surface area contributed by atoms with Crippen LogP contribution in [-0.2, 0) is 11.3 Å². The van der Waals surface area contributed by atoms with Crippen LogP contribution in [0.15, 0.2) is 48.5 Å². The van der Waals surface area contributed by atoms with E-state index in [9.17, 15) is 4.79 Å². The number of amides is 1. The smallest absolute Gasteiger partial charge is 0.238 e. The van der Waals surface area contributed by atoms with Gasteiger partial charge in [0.1, 0.15) is 0 Å². The zero-order chi connectivity index (χ0) is 15.9. The van der Waals surface area contributed by atoms with E-state index in [-0.39, 0.29) is 12.5 Å². The predicted octanol–water partition coefficient (Wildman–Crippen LogP) is 3.28. The third kappa shape index (κ3) is 4.59. The summed E-state index contributed by atoms with van der Waals surface area (Å²) in [6, 6.07) is 16.5. The number of nitriles is 1. The molecule has 1 amide bonds. The number of rotatable bonds is 5. The standard InChI is InChI=1S/C17H16ClN3O/c1-21(11-14-5-3-2-4-13(14)10-19)12-17(22)20-16-8-6-15(18)7-9-16/h2-9H,11-12H2,1H3,(H,20,22). The molecule has 0 radical (unpaired) electrons. The van der Waals surface area contributed by atoms with Crippen molar-refractivity contribution in [2.45, 2.75) is 6.54 Å². The molecular weight excluding hydrogens is 298 g/mol. The van der Waals surface area contributed by atoms with Crippen molar-refractivity contribution in [1.82, 2.24) is 4.90 Å². The minimum absolute atomic E-state index is 0.112. The van der Waals surface area contributed by atoms with Crippen LogP contribution in [0.5, 0.6) is 0 Å². The number of benzene rings is 2. The third-order valence-electron chi connectivity index (χ3n) is 3.12. The Morgan fingerprint density at radius 1 is 1.23 bits per heavy atom. The van der Waals surface area contributed by atoms with Crippen LogP contribution < -0.4 is 5.32 Å². The van der Waals surface area contributed by atoms with Gasteiger partial charge in [0.15, 0.2) is 0 Å². The Bertz CT molecular complexity index is 692. The van der Waals surface area contributed by atoms with Crippen molar-refractivity contribution in [2.24, 2.45) is 0 Å². The fourth-order valence-corrected chi connectivity index (χ4v) is 2.22. The molecule has 112 valence electrons. The van der Waals surface area contributed by atoms with E-state index in [0.717, 1.165) is 5.56 Å². The van der Waals surface area contributed by atoms with Gasteiger partial charge in [-0.15, -0.1) is 0 Å². The number of hydrogen-bond donors (Lipinski definition) is 1. The van der Waals surface area contributed by atoms with Gasteiger partial charge in [-0.1, -0.05) is 29.8 Å². The number of halogens is 1. The van der Waals surface area contributed by atoms with E-state index in [0.29, 0.717) is 22.8 Å². The Morgan fingerprint density at radius 2 is 1.91 bits per heavy atom. The molecule has 0 aliphatic heterocycles. The monoisotopic (exact) mass is 313 g/mol. The summed E-state index contributed by atoms with van der Waals surface area (Å²) >= 11 is 5.80. The number of anilines is 1. The Balaban J connectivity index is 1.91. The molecule has 0 unspecified atom stereocenters. The zero-order valence-corrected chi connectivity index (χ0v) is 13.0. The summed E-state index contributed by atoms with van der Waals surface area (Å²) in [4.78, 5) is 13.9. The third-order valence-corrected chi connectivity index (χ3v) is 3.37. The Hall–Kier alpha value is -2.35. The van der Waals surface area contributed by atoms with Gasteiger partial charge in [0, 0.05) is 17.3 Å². The lowest BCUT2D eigenvalue weighted by Gasteiger charge is -2.17. The largest absolute Gasteiger partial charge is 0.325 e. The molecule has 0 spiro atoms. The van der Waals surface area contributed by atoms with Gasteiger partial charge in [-0.2, -0.15) is 5.26 Å². The van der Waals surface area contributed by atoms with Crippen LogP contribution in [-0.4, -0.2) is 24.4 Å². The molecule has 2 aromatic carbocycles. The first kappa shape index (κ1) is 16.0. The van der Waals surface area contributed by atoms with Crippen molar-refractivity contribution < 1.29 is 4.79 Å². The number of likely N-dealkylation sites (N-methyl/N-ethyl adjacent to an activating group) is 1. The van der Waals surface area contributed by atoms with Crippen LogP contribution in [0.25, 0.3) is 0 Å². The number of hydrogen-bond acceptors (Lipinski definition) is 3. The molecule has 0 saturated carbocycles. The van der Waals surface area contributed by atoms with Crippen LogP contribution >= 0.6 is 11.6 Å². The van der Waals surface area contributed by atoms with Crippen LogP contribution in [0.3, 0.4) is 0 Å². The number of nitrogens with zero attached hydrogens (tertiary/aromatic N) is 2. The summed E-state index contributed by atoms with van der Waals surface area (Å²) in [5.41, 5.74) is 2.25. The predicted molar refractivity (Wildman–Crippen MR) is 87.6 cm³/mol. The summed E-state index contributed by atoms with van der Waals surface area (Å²) in [7, 11) is 1.84. The highest BCUT2D eigenvalue weighted by molar-refractivity contribution is 6.30. The molecule has 2 aromatic rings. The lowest BCUT2D eigenvalue weighted by molar-refractivity contribution is -0.117. The van der Waals surface area contributed by atoms with Gasteiger partial charge in [-0.3, -0.25) is 9.69 Å². The van der Waals surface area contributed by atoms with Crippen molar-refractivity contribution >= 4 is 23.2 Å². The number of nitrogens with one attached hydrogen (secondary N) is 1. The molecule has 0 heterocycles. The molecule has 0 atom stereocenters. The second-order valence-electron chi connectivity index (χ2n) is 5.00. The van der Waals surface area contributed by atoms with E-state index in [1.165, 1.54) is 0 Å². The second-order valence-corrected chi connectivity index (χ2v) is 5.43. The average molecular weight is 314 g/mol. The molecule has 1 N–H and O–H groups in total. The highest BCUT2D eigenvalue weighted by Crippen LogP contribution is 2.14. The van der Waals surface area contributed by atoms with Crippen molar-refractivity contribution in [3.05, 3.63) is 64.7 Å². The minimum Gasteiger partial charge on any atom is -0.325 e. The minimum atomic E-state index is -0.112. The number of carbonyl (C=O) groups is 1. The first-order valence-electron chi connectivity index (χ1n) is 6.80. The lowest BCUT2D eigenvalue weighted by atomic mass is 10.1. The van der Waals surface area contributed by atoms with Gasteiger partial charge in [0.05, 0.1) is 18.2 Å². The average Bonchev–Trinajstić information content (AvgIpc) is 2.50. The maximum atomic E-state index is 12.0. The maximum absolute atomic E-state index is 12.0. The molecule has 0 fully saturated rings. The van der Waals surface area contributed by atoms with Crippen molar-refractivity contribution in [3.8, 4) is 6.07 Å². The number of carbonyl (C=O) groups excluding carboxylic acids is 1. The molecule has 0 aromatic heterocycles. The first-order valence-corrected chi connectivity index (χ1v) is 7.18. The van der Waals surface area contributed by atoms with Gasteiger partial charge in [-0.05, 0) is 42.9 Å². The molecular formula is C17H16ClN3O. The summed E-state index contributed by atoms with van der Waals surface area (Å²) in [5.74, 6) is -0.112. The molecule has 2 rings (SSSR count). The highest BCUT2D eigenvalue weighted by Gasteiger charge is 2.09. The zero-order valence-electron chi connectivity index (χ0n) is 12.2. The Labute approximate surface area is 134 Å². The Morgan fingerprint density at radius 3 is 2.59 bits per heavy atom. The SMILES string of the molecule is CN(CC(=O)Nc1ccc(Cl)cc1)Cc1ccccc1C#N. The first-order chi connectivity index (χ1) is 10.6. The van der Waals surface area contributed by atoms with Crippen molar-refractivity contribution in [2.75, 3.05) is 18.9 Å². The molecule has 5 heteroatoms. The van der Waals surface area contributed by atoms with Gasteiger partial charge >= 0.3 is 0 Å². The summed E-state index contributed by atoms with van der Waals surface area (Å²) in [6.07, 6.45) is 0. The highest BCUT2D eigenvalue weighted by atomic mass is 35.5. The van der Waals surface area contributed by atoms with Gasteiger partial charge in [0.25, 0.3) is 0 Å². The van der Waals surface area contributed by atoms with Gasteiger partial charge in [0.2, 0.25) is 5.91 Å². The van der Waals surface area contributed by atoms with E-state index < -0.39 is 0 Å². The van der Waals surface area contributed by atoms with Crippen LogP contribution in [0.2, 0.25) is 5.02 Å². The second kappa shape index (κ2) is 7.60. The summed E-state index contributed by atoms with van der Waals surface area (Å²) in [5, 5.41) is 12.5. The van der Waals surface area contributed by atoms with Gasteiger partial charge in [-0.25, -0.2) is 0 Å². The summed E-state index contributed by atoms with van der Waals surface area (Å²) in [6.45, 7) is 0.778. The molecule has 0 bridgehead atoms. The van der Waals surface area contributed by atoms with Crippen molar-refractivity contribution in [3.63, 3.8) is 0 Å². The topological polar surface area (TPSA) is 56.1 Å². The molecule has 0 aliphatic rings. The molecule has 4 nitrogen and oxygen atoms in total. The van der Waals surface area contributed by atoms with Crippen molar-refractivity contribution in [1.29, 1.82) is 5.26 Å². The van der Waals surface area contributed by atoms with Crippen LogP contribution in [0.1, 0.15) is 11.1 Å². The quantitative estimate of drug-likeness (QED) is 0.921. The molecule has 0 saturated heterocycles. The van der Waals surface area contributed by atoms with E-state index in [1.54, 1.807) is 30.3 Å². The van der Waals surface area contributed by atoms with E-state index in [1.807, 2.05) is 30.1 Å². The van der Waals surface area contributed by atoms with Gasteiger partial charge < -0.3 is 5.32 Å². The van der Waals surface area contributed by atoms with E-state index in [4.69, 9.17) is 16.9 Å². The fourth-order valence-electron chi connectivity index (χ4n) is 2.09. The maximum Gasteiger partial charge on any atom is 0.238 e. The van der Waals surface area contributed by atoms with E-state index in [2.05, 4.69) is 11.4 Å². The van der Waals surface area contributed by atoms with Crippen LogP contribution in [0.4, 0.5) is 5.69 Å². The molecule has 0 aliphatic carbocycles.